The monoisotopic (exact) mass is 354 g/mol. The molecule has 2 aromatic heterocycles. The maximum atomic E-state index is 13.3. The van der Waals surface area contributed by atoms with Gasteiger partial charge in [-0.25, -0.2) is 14.4 Å². The zero-order valence-corrected chi connectivity index (χ0v) is 14.3. The summed E-state index contributed by atoms with van der Waals surface area (Å²) in [6.07, 6.45) is 4.24. The average molecular weight is 354 g/mol. The Labute approximate surface area is 149 Å². The van der Waals surface area contributed by atoms with Crippen molar-refractivity contribution in [2.45, 2.75) is 31.9 Å². The number of hydrogen-bond acceptors (Lipinski definition) is 4. The van der Waals surface area contributed by atoms with Crippen molar-refractivity contribution in [3.63, 3.8) is 0 Å². The van der Waals surface area contributed by atoms with Gasteiger partial charge in [-0.1, -0.05) is 12.1 Å². The lowest BCUT2D eigenvalue weighted by Crippen LogP contribution is -2.41. The molecule has 1 aliphatic rings. The summed E-state index contributed by atoms with van der Waals surface area (Å²) < 4.78 is 14.9. The molecule has 7 heteroatoms. The minimum Gasteiger partial charge on any atom is -0.393 e. The van der Waals surface area contributed by atoms with Crippen LogP contribution in [0.5, 0.6) is 0 Å². The number of benzene rings is 1. The van der Waals surface area contributed by atoms with Crippen LogP contribution in [-0.2, 0) is 0 Å². The van der Waals surface area contributed by atoms with Crippen LogP contribution >= 0.6 is 0 Å². The van der Waals surface area contributed by atoms with Crippen LogP contribution in [0, 0.1) is 18.7 Å². The number of amides is 1. The van der Waals surface area contributed by atoms with Gasteiger partial charge in [0.15, 0.2) is 0 Å². The van der Waals surface area contributed by atoms with Crippen molar-refractivity contribution in [2.75, 3.05) is 0 Å². The number of fused-ring (bicyclic) bond motifs is 1. The maximum absolute atomic E-state index is 13.3. The maximum Gasteiger partial charge on any atom is 0.270 e. The van der Waals surface area contributed by atoms with Gasteiger partial charge in [-0.05, 0) is 49.4 Å². The molecule has 1 amide bonds. The quantitative estimate of drug-likeness (QED) is 0.754. The predicted molar refractivity (Wildman–Crippen MR) is 93.1 cm³/mol. The molecule has 1 fully saturated rings. The molecule has 3 aromatic rings. The SMILES string of the molecule is Cc1nc2ncccn2c1C(=O)N[C@H](c1ccc(F)cc1)C1CC(O)C1. The molecule has 26 heavy (non-hydrogen) atoms. The third kappa shape index (κ3) is 2.94. The molecular weight excluding hydrogens is 335 g/mol. The normalized spacial score (nSPS) is 20.6. The highest BCUT2D eigenvalue weighted by molar-refractivity contribution is 5.94. The van der Waals surface area contributed by atoms with E-state index in [1.54, 1.807) is 41.9 Å². The fourth-order valence-electron chi connectivity index (χ4n) is 3.53. The molecule has 134 valence electrons. The Bertz CT molecular complexity index is 948. The topological polar surface area (TPSA) is 79.5 Å². The Morgan fingerprint density at radius 3 is 2.77 bits per heavy atom. The van der Waals surface area contributed by atoms with E-state index >= 15 is 0 Å². The lowest BCUT2D eigenvalue weighted by Gasteiger charge is -2.38. The molecule has 0 bridgehead atoms. The van der Waals surface area contributed by atoms with Gasteiger partial charge in [-0.3, -0.25) is 9.20 Å². The van der Waals surface area contributed by atoms with Crippen LogP contribution in [-0.4, -0.2) is 31.5 Å². The van der Waals surface area contributed by atoms with Crippen LogP contribution in [0.2, 0.25) is 0 Å². The van der Waals surface area contributed by atoms with Crippen LogP contribution in [0.15, 0.2) is 42.7 Å². The summed E-state index contributed by atoms with van der Waals surface area (Å²) in [5.41, 5.74) is 1.84. The summed E-state index contributed by atoms with van der Waals surface area (Å²) in [6, 6.07) is 7.56. The average Bonchev–Trinajstić information content (AvgIpc) is 2.94. The number of halogens is 1. The van der Waals surface area contributed by atoms with Crippen LogP contribution in [0.4, 0.5) is 4.39 Å². The van der Waals surface area contributed by atoms with Gasteiger partial charge in [0.1, 0.15) is 11.5 Å². The van der Waals surface area contributed by atoms with E-state index in [1.807, 2.05) is 0 Å². The molecule has 1 aliphatic carbocycles. The number of rotatable bonds is 4. The Morgan fingerprint density at radius 1 is 1.35 bits per heavy atom. The minimum absolute atomic E-state index is 0.108. The molecule has 6 nitrogen and oxygen atoms in total. The van der Waals surface area contributed by atoms with E-state index in [9.17, 15) is 14.3 Å². The Kier molecular flexibility index (Phi) is 4.16. The number of aliphatic hydroxyl groups is 1. The van der Waals surface area contributed by atoms with Crippen LogP contribution in [0.3, 0.4) is 0 Å². The first-order valence-electron chi connectivity index (χ1n) is 8.57. The van der Waals surface area contributed by atoms with Crippen molar-refractivity contribution in [1.82, 2.24) is 19.7 Å². The number of aromatic nitrogens is 3. The standard InChI is InChI=1S/C19H19FN4O2/c1-11-17(24-8-2-7-21-19(24)22-11)18(26)23-16(13-9-15(25)10-13)12-3-5-14(20)6-4-12/h2-8,13,15-16,25H,9-10H2,1H3,(H,23,26)/t13?,15?,16-/m1/s1. The van der Waals surface area contributed by atoms with Gasteiger partial charge in [-0.15, -0.1) is 0 Å². The highest BCUT2D eigenvalue weighted by Crippen LogP contribution is 2.38. The molecule has 2 heterocycles. The second-order valence-corrected chi connectivity index (χ2v) is 6.72. The molecule has 1 atom stereocenters. The lowest BCUT2D eigenvalue weighted by atomic mass is 9.75. The Balaban J connectivity index is 1.65. The molecule has 0 radical (unpaired) electrons. The molecule has 1 saturated carbocycles. The number of aryl methyl sites for hydroxylation is 1. The fourth-order valence-corrected chi connectivity index (χ4v) is 3.53. The first-order chi connectivity index (χ1) is 12.5. The van der Waals surface area contributed by atoms with Gasteiger partial charge in [-0.2, -0.15) is 0 Å². The van der Waals surface area contributed by atoms with Crippen molar-refractivity contribution in [1.29, 1.82) is 0 Å². The summed E-state index contributed by atoms with van der Waals surface area (Å²) in [5, 5.41) is 12.7. The summed E-state index contributed by atoms with van der Waals surface area (Å²) in [7, 11) is 0. The Morgan fingerprint density at radius 2 is 2.08 bits per heavy atom. The van der Waals surface area contributed by atoms with Gasteiger partial charge in [0, 0.05) is 12.4 Å². The Hall–Kier alpha value is -2.80. The van der Waals surface area contributed by atoms with E-state index in [0.29, 0.717) is 30.0 Å². The number of aliphatic hydroxyl groups excluding tert-OH is 1. The number of imidazole rings is 1. The summed E-state index contributed by atoms with van der Waals surface area (Å²) in [5.74, 6) is -0.0144. The summed E-state index contributed by atoms with van der Waals surface area (Å²) in [6.45, 7) is 1.77. The largest absolute Gasteiger partial charge is 0.393 e. The molecule has 0 aliphatic heterocycles. The smallest absolute Gasteiger partial charge is 0.270 e. The number of carbonyl (C=O) groups excluding carboxylic acids is 1. The van der Waals surface area contributed by atoms with E-state index < -0.39 is 0 Å². The van der Waals surface area contributed by atoms with Crippen molar-refractivity contribution in [3.8, 4) is 0 Å². The van der Waals surface area contributed by atoms with Gasteiger partial charge >= 0.3 is 0 Å². The first kappa shape index (κ1) is 16.7. The second-order valence-electron chi connectivity index (χ2n) is 6.72. The minimum atomic E-state index is -0.346. The van der Waals surface area contributed by atoms with Crippen molar-refractivity contribution < 1.29 is 14.3 Å². The second kappa shape index (κ2) is 6.49. The molecule has 0 unspecified atom stereocenters. The molecule has 4 rings (SSSR count). The zero-order valence-electron chi connectivity index (χ0n) is 14.3. The van der Waals surface area contributed by atoms with Crippen molar-refractivity contribution in [3.05, 3.63) is 65.5 Å². The van der Waals surface area contributed by atoms with E-state index in [-0.39, 0.29) is 29.8 Å². The van der Waals surface area contributed by atoms with Crippen LogP contribution in [0.1, 0.15) is 40.6 Å². The van der Waals surface area contributed by atoms with Crippen LogP contribution < -0.4 is 5.32 Å². The van der Waals surface area contributed by atoms with Crippen molar-refractivity contribution in [2.24, 2.45) is 5.92 Å². The van der Waals surface area contributed by atoms with Crippen molar-refractivity contribution >= 4 is 11.7 Å². The molecule has 1 aromatic carbocycles. The van der Waals surface area contributed by atoms with Gasteiger partial charge in [0.2, 0.25) is 5.78 Å². The molecular formula is C19H19FN4O2. The molecule has 2 N–H and O–H groups in total. The van der Waals surface area contributed by atoms with Gasteiger partial charge < -0.3 is 10.4 Å². The lowest BCUT2D eigenvalue weighted by molar-refractivity contribution is 0.0234. The van der Waals surface area contributed by atoms with E-state index in [1.165, 1.54) is 12.1 Å². The molecule has 0 saturated heterocycles. The summed E-state index contributed by atoms with van der Waals surface area (Å²) in [4.78, 5) is 21.5. The molecule has 0 spiro atoms. The predicted octanol–water partition coefficient (Wildman–Crippen LogP) is 2.42. The highest BCUT2D eigenvalue weighted by atomic mass is 19.1. The number of carbonyl (C=O) groups is 1. The van der Waals surface area contributed by atoms with E-state index in [4.69, 9.17) is 0 Å². The first-order valence-corrected chi connectivity index (χ1v) is 8.57. The number of hydrogen-bond donors (Lipinski definition) is 2. The third-order valence-electron chi connectivity index (χ3n) is 4.93. The number of nitrogens with one attached hydrogen (secondary N) is 1. The summed E-state index contributed by atoms with van der Waals surface area (Å²) >= 11 is 0. The number of nitrogens with zero attached hydrogens (tertiary/aromatic N) is 3. The van der Waals surface area contributed by atoms with Gasteiger partial charge in [0.05, 0.1) is 17.8 Å². The van der Waals surface area contributed by atoms with Gasteiger partial charge in [0.25, 0.3) is 5.91 Å². The highest BCUT2D eigenvalue weighted by Gasteiger charge is 2.36. The van der Waals surface area contributed by atoms with E-state index in [2.05, 4.69) is 15.3 Å². The fraction of sp³-hybridized carbons (Fsp3) is 0.316. The van der Waals surface area contributed by atoms with Crippen LogP contribution in [0.25, 0.3) is 5.78 Å². The third-order valence-corrected chi connectivity index (χ3v) is 4.93. The van der Waals surface area contributed by atoms with E-state index in [0.717, 1.165) is 5.56 Å². The zero-order chi connectivity index (χ0) is 18.3.